The van der Waals surface area contributed by atoms with Gasteiger partial charge in [0.2, 0.25) is 0 Å². The molecular formula is C19H15NO2. The molecule has 0 bridgehead atoms. The van der Waals surface area contributed by atoms with Gasteiger partial charge in [-0.25, -0.2) is 0 Å². The van der Waals surface area contributed by atoms with Crippen LogP contribution >= 0.6 is 0 Å². The van der Waals surface area contributed by atoms with Crippen LogP contribution in [0.25, 0.3) is 11.6 Å². The molecule has 0 amide bonds. The number of para-hydroxylation sites is 2. The highest BCUT2D eigenvalue weighted by Crippen LogP contribution is 2.35. The first-order valence-electron chi connectivity index (χ1n) is 6.94. The Hall–Kier alpha value is -3.07. The van der Waals surface area contributed by atoms with Gasteiger partial charge in [0.1, 0.15) is 11.5 Å². The number of benzene rings is 2. The van der Waals surface area contributed by atoms with Crippen LogP contribution in [0.3, 0.4) is 0 Å². The van der Waals surface area contributed by atoms with Gasteiger partial charge >= 0.3 is 0 Å². The molecule has 0 saturated carbocycles. The molecule has 0 fully saturated rings. The Morgan fingerprint density at radius 2 is 1.23 bits per heavy atom. The molecule has 22 heavy (non-hydrogen) atoms. The Kier molecular flexibility index (Phi) is 3.88. The molecule has 1 heterocycles. The Bertz CT molecular complexity index is 763. The second-order valence-corrected chi connectivity index (χ2v) is 4.87. The van der Waals surface area contributed by atoms with Gasteiger partial charge in [0.25, 0.3) is 0 Å². The first-order chi connectivity index (χ1) is 10.8. The quantitative estimate of drug-likeness (QED) is 0.764. The largest absolute Gasteiger partial charge is 0.507 e. The van der Waals surface area contributed by atoms with Gasteiger partial charge < -0.3 is 10.2 Å². The Morgan fingerprint density at radius 3 is 1.73 bits per heavy atom. The van der Waals surface area contributed by atoms with Gasteiger partial charge in [-0.15, -0.1) is 0 Å². The summed E-state index contributed by atoms with van der Waals surface area (Å²) in [4.78, 5) is 4.01. The first kappa shape index (κ1) is 13.9. The number of phenols is 2. The SMILES string of the molecule is Oc1ccccc1C(=Cc1ccncc1)c1ccccc1O. The van der Waals surface area contributed by atoms with Crippen molar-refractivity contribution >= 4 is 11.6 Å². The molecule has 2 aromatic carbocycles. The molecule has 2 N–H and O–H groups in total. The van der Waals surface area contributed by atoms with Crippen molar-refractivity contribution in [3.8, 4) is 11.5 Å². The maximum absolute atomic E-state index is 10.2. The van der Waals surface area contributed by atoms with E-state index in [4.69, 9.17) is 0 Å². The average molecular weight is 289 g/mol. The van der Waals surface area contributed by atoms with Crippen molar-refractivity contribution in [1.82, 2.24) is 4.98 Å². The van der Waals surface area contributed by atoms with Crippen molar-refractivity contribution in [1.29, 1.82) is 0 Å². The molecule has 108 valence electrons. The predicted octanol–water partition coefficient (Wildman–Crippen LogP) is 4.08. The lowest BCUT2D eigenvalue weighted by atomic mass is 9.94. The smallest absolute Gasteiger partial charge is 0.123 e. The van der Waals surface area contributed by atoms with Gasteiger partial charge in [-0.05, 0) is 41.5 Å². The predicted molar refractivity (Wildman–Crippen MR) is 87.4 cm³/mol. The maximum atomic E-state index is 10.2. The van der Waals surface area contributed by atoms with Gasteiger partial charge in [0, 0.05) is 23.5 Å². The van der Waals surface area contributed by atoms with E-state index >= 15 is 0 Å². The van der Waals surface area contributed by atoms with Crippen molar-refractivity contribution in [2.45, 2.75) is 0 Å². The zero-order chi connectivity index (χ0) is 15.4. The van der Waals surface area contributed by atoms with E-state index in [9.17, 15) is 10.2 Å². The average Bonchev–Trinajstić information content (AvgIpc) is 2.55. The molecule has 3 rings (SSSR count). The summed E-state index contributed by atoms with van der Waals surface area (Å²) in [6, 6.07) is 17.9. The summed E-state index contributed by atoms with van der Waals surface area (Å²) >= 11 is 0. The fraction of sp³-hybridized carbons (Fsp3) is 0. The number of nitrogens with zero attached hydrogens (tertiary/aromatic N) is 1. The van der Waals surface area contributed by atoms with Crippen LogP contribution in [0.1, 0.15) is 16.7 Å². The van der Waals surface area contributed by atoms with E-state index in [1.807, 2.05) is 42.5 Å². The van der Waals surface area contributed by atoms with Crippen molar-refractivity contribution in [2.24, 2.45) is 0 Å². The lowest BCUT2D eigenvalue weighted by Gasteiger charge is -2.12. The zero-order valence-electron chi connectivity index (χ0n) is 11.8. The monoisotopic (exact) mass is 289 g/mol. The summed E-state index contributed by atoms with van der Waals surface area (Å²) in [5.41, 5.74) is 3.03. The van der Waals surface area contributed by atoms with Gasteiger partial charge in [-0.2, -0.15) is 0 Å². The molecule has 0 aliphatic rings. The summed E-state index contributed by atoms with van der Waals surface area (Å²) in [5.74, 6) is 0.345. The molecule has 3 nitrogen and oxygen atoms in total. The van der Waals surface area contributed by atoms with Crippen LogP contribution in [0.4, 0.5) is 0 Å². The van der Waals surface area contributed by atoms with E-state index in [0.29, 0.717) is 11.1 Å². The van der Waals surface area contributed by atoms with Crippen molar-refractivity contribution < 1.29 is 10.2 Å². The van der Waals surface area contributed by atoms with E-state index in [0.717, 1.165) is 11.1 Å². The van der Waals surface area contributed by atoms with Gasteiger partial charge in [0.15, 0.2) is 0 Å². The highest BCUT2D eigenvalue weighted by atomic mass is 16.3. The zero-order valence-corrected chi connectivity index (χ0v) is 11.8. The summed E-state index contributed by atoms with van der Waals surface area (Å²) in [7, 11) is 0. The molecular weight excluding hydrogens is 274 g/mol. The lowest BCUT2D eigenvalue weighted by molar-refractivity contribution is 0.471. The molecule has 0 saturated heterocycles. The standard InChI is InChI=1S/C19H15NO2/c21-18-7-3-1-5-15(18)17(13-14-9-11-20-12-10-14)16-6-2-4-8-19(16)22/h1-13,21-22H. The molecule has 0 atom stereocenters. The minimum absolute atomic E-state index is 0.172. The molecule has 0 aliphatic carbocycles. The van der Waals surface area contributed by atoms with Crippen LogP contribution in [0.2, 0.25) is 0 Å². The lowest BCUT2D eigenvalue weighted by Crippen LogP contribution is -1.90. The van der Waals surface area contributed by atoms with Crippen LogP contribution in [0.5, 0.6) is 11.5 Å². The third kappa shape index (κ3) is 2.83. The van der Waals surface area contributed by atoms with Crippen LogP contribution in [0, 0.1) is 0 Å². The minimum Gasteiger partial charge on any atom is -0.507 e. The number of hydrogen-bond acceptors (Lipinski definition) is 3. The highest BCUT2D eigenvalue weighted by molar-refractivity contribution is 5.94. The fourth-order valence-electron chi connectivity index (χ4n) is 2.33. The third-order valence-electron chi connectivity index (χ3n) is 3.41. The fourth-order valence-corrected chi connectivity index (χ4v) is 2.33. The highest BCUT2D eigenvalue weighted by Gasteiger charge is 2.12. The van der Waals surface area contributed by atoms with Crippen molar-refractivity contribution in [3.05, 3.63) is 89.7 Å². The van der Waals surface area contributed by atoms with E-state index in [2.05, 4.69) is 4.98 Å². The topological polar surface area (TPSA) is 53.4 Å². The summed E-state index contributed by atoms with van der Waals surface area (Å²) in [5, 5.41) is 20.4. The van der Waals surface area contributed by atoms with Gasteiger partial charge in [0.05, 0.1) is 0 Å². The van der Waals surface area contributed by atoms with Crippen molar-refractivity contribution in [3.63, 3.8) is 0 Å². The second-order valence-electron chi connectivity index (χ2n) is 4.87. The Balaban J connectivity index is 2.22. The number of pyridine rings is 1. The van der Waals surface area contributed by atoms with Crippen LogP contribution in [-0.4, -0.2) is 15.2 Å². The Morgan fingerprint density at radius 1 is 0.727 bits per heavy atom. The molecule has 0 unspecified atom stereocenters. The first-order valence-corrected chi connectivity index (χ1v) is 6.94. The second kappa shape index (κ2) is 6.14. The van der Waals surface area contributed by atoms with Crippen LogP contribution in [0.15, 0.2) is 73.1 Å². The molecule has 0 radical (unpaired) electrons. The molecule has 1 aromatic heterocycles. The number of phenolic OH excluding ortho intramolecular Hbond substituents is 2. The molecule has 3 aromatic rings. The molecule has 0 aliphatic heterocycles. The van der Waals surface area contributed by atoms with Gasteiger partial charge in [-0.1, -0.05) is 36.4 Å². The van der Waals surface area contributed by atoms with Crippen LogP contribution in [-0.2, 0) is 0 Å². The number of hydrogen-bond donors (Lipinski definition) is 2. The Labute approximate surface area is 128 Å². The minimum atomic E-state index is 0.172. The number of aromatic hydroxyl groups is 2. The number of aromatic nitrogens is 1. The van der Waals surface area contributed by atoms with E-state index in [-0.39, 0.29) is 11.5 Å². The van der Waals surface area contributed by atoms with E-state index in [1.54, 1.807) is 36.7 Å². The third-order valence-corrected chi connectivity index (χ3v) is 3.41. The number of rotatable bonds is 3. The van der Waals surface area contributed by atoms with Crippen molar-refractivity contribution in [2.75, 3.05) is 0 Å². The summed E-state index contributed by atoms with van der Waals surface area (Å²) in [6.45, 7) is 0. The van der Waals surface area contributed by atoms with E-state index in [1.165, 1.54) is 0 Å². The summed E-state index contributed by atoms with van der Waals surface area (Å²) < 4.78 is 0. The molecule has 0 spiro atoms. The van der Waals surface area contributed by atoms with E-state index < -0.39 is 0 Å². The molecule has 3 heteroatoms. The maximum Gasteiger partial charge on any atom is 0.123 e. The normalized spacial score (nSPS) is 10.2. The summed E-state index contributed by atoms with van der Waals surface area (Å²) in [6.07, 6.45) is 5.34. The van der Waals surface area contributed by atoms with Crippen LogP contribution < -0.4 is 0 Å². The van der Waals surface area contributed by atoms with Gasteiger partial charge in [-0.3, -0.25) is 4.98 Å².